The van der Waals surface area contributed by atoms with Gasteiger partial charge in [0.25, 0.3) is 11.6 Å². The molecule has 2 aromatic carbocycles. The van der Waals surface area contributed by atoms with Gasteiger partial charge in [-0.2, -0.15) is 0 Å². The van der Waals surface area contributed by atoms with Crippen molar-refractivity contribution in [1.29, 1.82) is 0 Å². The summed E-state index contributed by atoms with van der Waals surface area (Å²) >= 11 is 0. The van der Waals surface area contributed by atoms with Crippen molar-refractivity contribution >= 4 is 23.5 Å². The number of hydrogen-bond acceptors (Lipinski definition) is 6. The number of primary amides is 1. The van der Waals surface area contributed by atoms with Crippen molar-refractivity contribution in [1.82, 2.24) is 5.32 Å². The van der Waals surface area contributed by atoms with Crippen molar-refractivity contribution in [2.45, 2.75) is 51.5 Å². The van der Waals surface area contributed by atoms with Gasteiger partial charge in [-0.1, -0.05) is 45.0 Å². The van der Waals surface area contributed by atoms with E-state index in [9.17, 15) is 24.5 Å². The van der Waals surface area contributed by atoms with Gasteiger partial charge in [0.1, 0.15) is 6.04 Å². The number of hydrogen-bond donors (Lipinski definition) is 2. The number of amides is 2. The van der Waals surface area contributed by atoms with Gasteiger partial charge in [0, 0.05) is 23.6 Å². The number of non-ortho nitro benzene ring substituents is 1. The number of ether oxygens (including phenoxy) is 1. The zero-order valence-corrected chi connectivity index (χ0v) is 19.2. The van der Waals surface area contributed by atoms with Crippen molar-refractivity contribution in [2.24, 2.45) is 5.73 Å². The smallest absolute Gasteiger partial charge is 0.306 e. The molecule has 0 saturated carbocycles. The molecule has 2 rings (SSSR count). The molecule has 0 aromatic heterocycles. The van der Waals surface area contributed by atoms with Gasteiger partial charge < -0.3 is 15.8 Å². The summed E-state index contributed by atoms with van der Waals surface area (Å²) in [6.45, 7) is 7.94. The lowest BCUT2D eigenvalue weighted by atomic mass is 9.86. The minimum absolute atomic E-state index is 0.0918. The van der Waals surface area contributed by atoms with Gasteiger partial charge in [-0.15, -0.1) is 0 Å². The Morgan fingerprint density at radius 3 is 2.09 bits per heavy atom. The number of nitro groups is 1. The quantitative estimate of drug-likeness (QED) is 0.338. The van der Waals surface area contributed by atoms with E-state index in [1.165, 1.54) is 24.3 Å². The summed E-state index contributed by atoms with van der Waals surface area (Å²) in [6.07, 6.45) is -0.248. The highest BCUT2D eigenvalue weighted by Crippen LogP contribution is 2.27. The van der Waals surface area contributed by atoms with Crippen LogP contribution in [0.2, 0.25) is 0 Å². The first kappa shape index (κ1) is 25.5. The van der Waals surface area contributed by atoms with E-state index in [2.05, 4.69) is 26.1 Å². The van der Waals surface area contributed by atoms with E-state index in [-0.39, 0.29) is 24.1 Å². The Kier molecular flexibility index (Phi) is 8.28. The van der Waals surface area contributed by atoms with Crippen molar-refractivity contribution in [3.63, 3.8) is 0 Å². The molecule has 0 saturated heterocycles. The monoisotopic (exact) mass is 455 g/mol. The fraction of sp³-hybridized carbons (Fsp3) is 0.375. The summed E-state index contributed by atoms with van der Waals surface area (Å²) in [5.74, 6) is -2.84. The molecule has 2 atom stereocenters. The Labute approximate surface area is 192 Å². The lowest BCUT2D eigenvalue weighted by Gasteiger charge is -2.26. The SMILES string of the molecule is CCOC(=O)C[C@@H](c1ccc([N+](=O)[O-])cc1)[C@@H](NC(=O)c1ccc(C(C)(C)C)cc1)C(N)=O. The minimum atomic E-state index is -1.24. The van der Waals surface area contributed by atoms with Crippen LogP contribution in [0.25, 0.3) is 0 Å². The van der Waals surface area contributed by atoms with E-state index in [1.807, 2.05) is 12.1 Å². The fourth-order valence-electron chi connectivity index (χ4n) is 3.39. The second kappa shape index (κ2) is 10.7. The van der Waals surface area contributed by atoms with Crippen LogP contribution in [0.15, 0.2) is 48.5 Å². The molecule has 9 nitrogen and oxygen atoms in total. The number of carbonyl (C=O) groups is 3. The van der Waals surface area contributed by atoms with Crippen LogP contribution in [-0.2, 0) is 19.7 Å². The van der Waals surface area contributed by atoms with Gasteiger partial charge in [-0.3, -0.25) is 24.5 Å². The van der Waals surface area contributed by atoms with Gasteiger partial charge in [0.15, 0.2) is 0 Å². The average Bonchev–Trinajstić information content (AvgIpc) is 2.75. The third-order valence-electron chi connectivity index (χ3n) is 5.23. The highest BCUT2D eigenvalue weighted by Gasteiger charge is 2.32. The van der Waals surface area contributed by atoms with E-state index in [0.29, 0.717) is 11.1 Å². The first-order valence-corrected chi connectivity index (χ1v) is 10.5. The Morgan fingerprint density at radius 1 is 1.06 bits per heavy atom. The lowest BCUT2D eigenvalue weighted by Crippen LogP contribution is -2.48. The predicted octanol–water partition coefficient (Wildman–Crippen LogP) is 3.21. The maximum atomic E-state index is 12.9. The molecule has 0 heterocycles. The first-order valence-electron chi connectivity index (χ1n) is 10.5. The second-order valence-electron chi connectivity index (χ2n) is 8.65. The molecule has 3 N–H and O–H groups in total. The predicted molar refractivity (Wildman–Crippen MR) is 123 cm³/mol. The van der Waals surface area contributed by atoms with E-state index < -0.39 is 34.7 Å². The van der Waals surface area contributed by atoms with Crippen LogP contribution in [0, 0.1) is 10.1 Å². The molecule has 9 heteroatoms. The van der Waals surface area contributed by atoms with E-state index in [4.69, 9.17) is 10.5 Å². The van der Waals surface area contributed by atoms with Crippen molar-refractivity contribution in [3.05, 3.63) is 75.3 Å². The van der Waals surface area contributed by atoms with Crippen LogP contribution in [0.4, 0.5) is 5.69 Å². The molecule has 0 fully saturated rings. The van der Waals surface area contributed by atoms with Crippen molar-refractivity contribution in [3.8, 4) is 0 Å². The van der Waals surface area contributed by atoms with Gasteiger partial charge in [0.05, 0.1) is 18.0 Å². The maximum Gasteiger partial charge on any atom is 0.306 e. The van der Waals surface area contributed by atoms with E-state index >= 15 is 0 Å². The highest BCUT2D eigenvalue weighted by molar-refractivity contribution is 5.97. The Balaban J connectivity index is 2.35. The van der Waals surface area contributed by atoms with Crippen LogP contribution in [-0.4, -0.2) is 35.4 Å². The Bertz CT molecular complexity index is 1010. The number of carbonyl (C=O) groups excluding carboxylic acids is 3. The summed E-state index contributed by atoms with van der Waals surface area (Å²) < 4.78 is 5.01. The largest absolute Gasteiger partial charge is 0.466 e. The Morgan fingerprint density at radius 2 is 1.64 bits per heavy atom. The number of esters is 1. The average molecular weight is 456 g/mol. The molecule has 0 bridgehead atoms. The summed E-state index contributed by atoms with van der Waals surface area (Å²) in [5, 5.41) is 13.6. The Hall–Kier alpha value is -3.75. The standard InChI is InChI=1S/C24H29N3O6/c1-5-33-20(28)14-19(15-8-12-18(13-9-15)27(31)32)21(22(25)29)26-23(30)16-6-10-17(11-7-16)24(2,3)4/h6-13,19,21H,5,14H2,1-4H3,(H2,25,29)(H,26,30)/t19-,21+/m0/s1. The molecular weight excluding hydrogens is 426 g/mol. The molecule has 0 aliphatic rings. The molecular formula is C24H29N3O6. The molecule has 2 amide bonds. The number of nitrogens with one attached hydrogen (secondary N) is 1. The lowest BCUT2D eigenvalue weighted by molar-refractivity contribution is -0.384. The molecule has 0 radical (unpaired) electrons. The molecule has 0 spiro atoms. The first-order chi connectivity index (χ1) is 15.4. The molecule has 0 unspecified atom stereocenters. The molecule has 176 valence electrons. The summed E-state index contributed by atoms with van der Waals surface area (Å²) in [5.41, 5.74) is 7.15. The molecule has 2 aromatic rings. The topological polar surface area (TPSA) is 142 Å². The van der Waals surface area contributed by atoms with E-state index in [0.717, 1.165) is 5.56 Å². The van der Waals surface area contributed by atoms with Gasteiger partial charge in [-0.05, 0) is 35.6 Å². The van der Waals surface area contributed by atoms with Crippen LogP contribution in [0.3, 0.4) is 0 Å². The van der Waals surface area contributed by atoms with E-state index in [1.54, 1.807) is 19.1 Å². The third kappa shape index (κ3) is 6.86. The fourth-order valence-corrected chi connectivity index (χ4v) is 3.39. The molecule has 0 aliphatic carbocycles. The summed E-state index contributed by atoms with van der Waals surface area (Å²) in [4.78, 5) is 47.9. The van der Waals surface area contributed by atoms with Gasteiger partial charge in [-0.25, -0.2) is 0 Å². The second-order valence-corrected chi connectivity index (χ2v) is 8.65. The minimum Gasteiger partial charge on any atom is -0.466 e. The van der Waals surface area contributed by atoms with Crippen LogP contribution in [0.5, 0.6) is 0 Å². The third-order valence-corrected chi connectivity index (χ3v) is 5.23. The number of benzene rings is 2. The number of nitrogens with zero attached hydrogens (tertiary/aromatic N) is 1. The van der Waals surface area contributed by atoms with Gasteiger partial charge >= 0.3 is 5.97 Å². The number of nitrogens with two attached hydrogens (primary N) is 1. The number of rotatable bonds is 9. The maximum absolute atomic E-state index is 12.9. The molecule has 0 aliphatic heterocycles. The van der Waals surface area contributed by atoms with Crippen LogP contribution >= 0.6 is 0 Å². The highest BCUT2D eigenvalue weighted by atomic mass is 16.6. The van der Waals surface area contributed by atoms with Crippen LogP contribution in [0.1, 0.15) is 61.5 Å². The van der Waals surface area contributed by atoms with Crippen LogP contribution < -0.4 is 11.1 Å². The van der Waals surface area contributed by atoms with Crippen molar-refractivity contribution in [2.75, 3.05) is 6.61 Å². The van der Waals surface area contributed by atoms with Gasteiger partial charge in [0.2, 0.25) is 5.91 Å². The summed E-state index contributed by atoms with van der Waals surface area (Å²) in [7, 11) is 0. The zero-order chi connectivity index (χ0) is 24.8. The number of nitro benzene ring substituents is 1. The molecule has 33 heavy (non-hydrogen) atoms. The zero-order valence-electron chi connectivity index (χ0n) is 19.2. The normalized spacial score (nSPS) is 13.0. The summed E-state index contributed by atoms with van der Waals surface area (Å²) in [6, 6.07) is 11.1. The van der Waals surface area contributed by atoms with Crippen molar-refractivity contribution < 1.29 is 24.0 Å².